The van der Waals surface area contributed by atoms with E-state index < -0.39 is 0 Å². The van der Waals surface area contributed by atoms with Crippen molar-refractivity contribution >= 4 is 11.9 Å². The smallest absolute Gasteiger partial charge is 0.193 e. The molecule has 0 unspecified atom stereocenters. The average Bonchev–Trinajstić information content (AvgIpc) is 2.39. The van der Waals surface area contributed by atoms with Gasteiger partial charge in [0.1, 0.15) is 0 Å². The van der Waals surface area contributed by atoms with E-state index in [9.17, 15) is 4.79 Å². The predicted molar refractivity (Wildman–Crippen MR) is 71.1 cm³/mol. The lowest BCUT2D eigenvalue weighted by molar-refractivity contribution is 0.103. The molecule has 0 radical (unpaired) electrons. The van der Waals surface area contributed by atoms with E-state index >= 15 is 0 Å². The predicted octanol–water partition coefficient (Wildman–Crippen LogP) is 3.87. The Bertz CT molecular complexity index is 550. The fraction of sp³-hybridized carbons (Fsp3) is 0.0625. The van der Waals surface area contributed by atoms with Gasteiger partial charge in [0.25, 0.3) is 0 Å². The van der Waals surface area contributed by atoms with Crippen LogP contribution in [0.15, 0.2) is 55.1 Å². The van der Waals surface area contributed by atoms with Crippen LogP contribution in [0, 0.1) is 6.92 Å². The Kier molecular flexibility index (Phi) is 3.20. The van der Waals surface area contributed by atoms with Gasteiger partial charge in [-0.05, 0) is 18.1 Å². The molecular weight excluding hydrogens is 208 g/mol. The van der Waals surface area contributed by atoms with Crippen molar-refractivity contribution in [1.29, 1.82) is 0 Å². The molecule has 2 aromatic rings. The van der Waals surface area contributed by atoms with Gasteiger partial charge in [-0.25, -0.2) is 0 Å². The second-order valence-electron chi connectivity index (χ2n) is 3.97. The summed E-state index contributed by atoms with van der Waals surface area (Å²) in [7, 11) is 0. The molecule has 1 nitrogen and oxygen atoms in total. The summed E-state index contributed by atoms with van der Waals surface area (Å²) in [6, 6.07) is 15.1. The summed E-state index contributed by atoms with van der Waals surface area (Å²) in [5, 5.41) is 0. The van der Waals surface area contributed by atoms with Crippen LogP contribution in [-0.4, -0.2) is 5.78 Å². The molecule has 0 spiro atoms. The number of hydrogen-bond acceptors (Lipinski definition) is 1. The molecule has 0 aliphatic rings. The Morgan fingerprint density at radius 3 is 2.29 bits per heavy atom. The monoisotopic (exact) mass is 222 g/mol. The van der Waals surface area contributed by atoms with Gasteiger partial charge < -0.3 is 0 Å². The molecule has 17 heavy (non-hydrogen) atoms. The molecule has 0 heterocycles. The second-order valence-corrected chi connectivity index (χ2v) is 3.97. The van der Waals surface area contributed by atoms with Crippen LogP contribution in [0.5, 0.6) is 0 Å². The number of benzene rings is 2. The van der Waals surface area contributed by atoms with E-state index in [1.165, 1.54) is 0 Å². The Hall–Kier alpha value is -2.15. The molecule has 0 atom stereocenters. The summed E-state index contributed by atoms with van der Waals surface area (Å²) in [5.74, 6) is 0.0683. The minimum Gasteiger partial charge on any atom is -0.289 e. The molecule has 0 aliphatic heterocycles. The van der Waals surface area contributed by atoms with E-state index in [1.807, 2.05) is 55.5 Å². The van der Waals surface area contributed by atoms with Gasteiger partial charge in [0.2, 0.25) is 0 Å². The topological polar surface area (TPSA) is 17.1 Å². The lowest BCUT2D eigenvalue weighted by Gasteiger charge is -2.04. The molecule has 0 amide bonds. The van der Waals surface area contributed by atoms with Crippen molar-refractivity contribution in [3.63, 3.8) is 0 Å². The molecule has 0 fully saturated rings. The van der Waals surface area contributed by atoms with Crippen LogP contribution in [-0.2, 0) is 0 Å². The minimum absolute atomic E-state index is 0.0683. The summed E-state index contributed by atoms with van der Waals surface area (Å²) in [6.07, 6.45) is 1.77. The van der Waals surface area contributed by atoms with Crippen molar-refractivity contribution < 1.29 is 4.79 Å². The van der Waals surface area contributed by atoms with Crippen molar-refractivity contribution in [1.82, 2.24) is 0 Å². The fourth-order valence-corrected chi connectivity index (χ4v) is 1.75. The Morgan fingerprint density at radius 1 is 1.06 bits per heavy atom. The van der Waals surface area contributed by atoms with Gasteiger partial charge >= 0.3 is 0 Å². The zero-order chi connectivity index (χ0) is 12.3. The van der Waals surface area contributed by atoms with E-state index in [-0.39, 0.29) is 5.78 Å². The maximum Gasteiger partial charge on any atom is 0.193 e. The molecule has 2 rings (SSSR count). The van der Waals surface area contributed by atoms with Gasteiger partial charge in [0, 0.05) is 11.1 Å². The van der Waals surface area contributed by atoms with Crippen molar-refractivity contribution in [3.8, 4) is 0 Å². The number of rotatable bonds is 3. The molecule has 1 heteroatoms. The van der Waals surface area contributed by atoms with E-state index in [1.54, 1.807) is 6.08 Å². The van der Waals surface area contributed by atoms with Gasteiger partial charge in [-0.15, -0.1) is 0 Å². The summed E-state index contributed by atoms with van der Waals surface area (Å²) in [6.45, 7) is 5.64. The van der Waals surface area contributed by atoms with Gasteiger partial charge in [0.05, 0.1) is 0 Å². The molecule has 0 saturated carbocycles. The van der Waals surface area contributed by atoms with Gasteiger partial charge in [-0.3, -0.25) is 4.79 Å². The number of hydrogen-bond donors (Lipinski definition) is 0. The van der Waals surface area contributed by atoms with E-state index in [0.717, 1.165) is 16.7 Å². The highest BCUT2D eigenvalue weighted by Crippen LogP contribution is 2.14. The zero-order valence-corrected chi connectivity index (χ0v) is 9.81. The van der Waals surface area contributed by atoms with Crippen LogP contribution >= 0.6 is 0 Å². The molecule has 2 aromatic carbocycles. The average molecular weight is 222 g/mol. The molecule has 0 N–H and O–H groups in total. The summed E-state index contributed by atoms with van der Waals surface area (Å²) < 4.78 is 0. The molecule has 0 bridgehead atoms. The third-order valence-corrected chi connectivity index (χ3v) is 2.80. The summed E-state index contributed by atoms with van der Waals surface area (Å²) >= 11 is 0. The highest BCUT2D eigenvalue weighted by Gasteiger charge is 2.10. The summed E-state index contributed by atoms with van der Waals surface area (Å²) in [5.41, 5.74) is 3.50. The van der Waals surface area contributed by atoms with E-state index in [4.69, 9.17) is 0 Å². The van der Waals surface area contributed by atoms with Crippen LogP contribution < -0.4 is 0 Å². The first-order valence-corrected chi connectivity index (χ1v) is 5.55. The standard InChI is InChI=1S/C16H14O/c1-3-13-8-10-14(11-9-13)16(17)15-7-5-4-6-12(15)2/h3-11H,1H2,2H3. The first-order chi connectivity index (χ1) is 8.22. The van der Waals surface area contributed by atoms with Crippen LogP contribution in [0.1, 0.15) is 27.0 Å². The maximum atomic E-state index is 12.2. The van der Waals surface area contributed by atoms with Gasteiger partial charge in [0.15, 0.2) is 5.78 Å². The third kappa shape index (κ3) is 2.34. The molecule has 84 valence electrons. The van der Waals surface area contributed by atoms with Crippen molar-refractivity contribution in [3.05, 3.63) is 77.4 Å². The maximum absolute atomic E-state index is 12.2. The lowest BCUT2D eigenvalue weighted by Crippen LogP contribution is -2.03. The summed E-state index contributed by atoms with van der Waals surface area (Å²) in [4.78, 5) is 12.2. The number of ketones is 1. The van der Waals surface area contributed by atoms with Crippen molar-refractivity contribution in [2.75, 3.05) is 0 Å². The van der Waals surface area contributed by atoms with Crippen LogP contribution in [0.25, 0.3) is 6.08 Å². The largest absolute Gasteiger partial charge is 0.289 e. The SMILES string of the molecule is C=Cc1ccc(C(=O)c2ccccc2C)cc1. The van der Waals surface area contributed by atoms with Gasteiger partial charge in [-0.1, -0.05) is 61.2 Å². The first-order valence-electron chi connectivity index (χ1n) is 5.55. The van der Waals surface area contributed by atoms with Crippen LogP contribution in [0.4, 0.5) is 0 Å². The lowest BCUT2D eigenvalue weighted by atomic mass is 9.98. The Morgan fingerprint density at radius 2 is 1.71 bits per heavy atom. The van der Waals surface area contributed by atoms with Crippen LogP contribution in [0.2, 0.25) is 0 Å². The molecule has 0 saturated heterocycles. The fourth-order valence-electron chi connectivity index (χ4n) is 1.75. The minimum atomic E-state index is 0.0683. The zero-order valence-electron chi connectivity index (χ0n) is 9.81. The normalized spacial score (nSPS) is 9.94. The van der Waals surface area contributed by atoms with E-state index in [2.05, 4.69) is 6.58 Å². The number of carbonyl (C=O) groups is 1. The molecule has 0 aliphatic carbocycles. The highest BCUT2D eigenvalue weighted by molar-refractivity contribution is 6.09. The third-order valence-electron chi connectivity index (χ3n) is 2.80. The Labute approximate surface area is 101 Å². The quantitative estimate of drug-likeness (QED) is 0.720. The van der Waals surface area contributed by atoms with E-state index in [0.29, 0.717) is 5.56 Å². The highest BCUT2D eigenvalue weighted by atomic mass is 16.1. The van der Waals surface area contributed by atoms with Crippen LogP contribution in [0.3, 0.4) is 0 Å². The Balaban J connectivity index is 2.37. The van der Waals surface area contributed by atoms with Gasteiger partial charge in [-0.2, -0.15) is 0 Å². The number of carbonyl (C=O) groups excluding carboxylic acids is 1. The second kappa shape index (κ2) is 4.79. The molecule has 0 aromatic heterocycles. The number of aryl methyl sites for hydroxylation is 1. The first kappa shape index (κ1) is 11.3. The molecular formula is C16H14O. The van der Waals surface area contributed by atoms with Crippen molar-refractivity contribution in [2.45, 2.75) is 6.92 Å². The van der Waals surface area contributed by atoms with Crippen molar-refractivity contribution in [2.24, 2.45) is 0 Å².